The molecule has 0 aliphatic carbocycles. The number of nitrogens with one attached hydrogen (secondary N) is 1. The fourth-order valence-electron chi connectivity index (χ4n) is 2.66. The first-order valence-corrected chi connectivity index (χ1v) is 7.17. The number of benzene rings is 1. The fourth-order valence-corrected chi connectivity index (χ4v) is 2.66. The van der Waals surface area contributed by atoms with Crippen molar-refractivity contribution in [3.05, 3.63) is 42.5 Å². The Morgan fingerprint density at radius 2 is 1.75 bits per heavy atom. The molecule has 1 N–H and O–H groups in total. The summed E-state index contributed by atoms with van der Waals surface area (Å²) in [6.45, 7) is 2.18. The fraction of sp³-hybridized carbons (Fsp3) is 0.375. The molecule has 2 heterocycles. The summed E-state index contributed by atoms with van der Waals surface area (Å²) in [5.74, 6) is 0.955. The van der Waals surface area contributed by atoms with Crippen molar-refractivity contribution in [3.63, 3.8) is 0 Å². The Morgan fingerprint density at radius 1 is 1.00 bits per heavy atom. The average molecular weight is 268 g/mol. The van der Waals surface area contributed by atoms with Crippen molar-refractivity contribution in [2.24, 2.45) is 0 Å². The van der Waals surface area contributed by atoms with Crippen LogP contribution in [0.15, 0.2) is 42.5 Å². The highest BCUT2D eigenvalue weighted by atomic mass is 15.3. The van der Waals surface area contributed by atoms with E-state index < -0.39 is 0 Å². The molecule has 20 heavy (non-hydrogen) atoms. The van der Waals surface area contributed by atoms with Gasteiger partial charge in [0.25, 0.3) is 0 Å². The van der Waals surface area contributed by atoms with Gasteiger partial charge in [0.2, 0.25) is 0 Å². The highest BCUT2D eigenvalue weighted by Gasteiger charge is 2.19. The number of anilines is 1. The molecule has 0 saturated carbocycles. The van der Waals surface area contributed by atoms with Crippen LogP contribution in [0, 0.1) is 0 Å². The van der Waals surface area contributed by atoms with Crippen molar-refractivity contribution in [1.82, 2.24) is 15.5 Å². The molecule has 1 fully saturated rings. The lowest BCUT2D eigenvalue weighted by molar-refractivity contribution is 0.441. The average Bonchev–Trinajstić information content (AvgIpc) is 2.56. The second kappa shape index (κ2) is 6.01. The van der Waals surface area contributed by atoms with Crippen LogP contribution in [0.2, 0.25) is 0 Å². The second-order valence-electron chi connectivity index (χ2n) is 5.23. The van der Waals surface area contributed by atoms with E-state index in [1.807, 2.05) is 18.2 Å². The molecule has 4 nitrogen and oxygen atoms in total. The van der Waals surface area contributed by atoms with Gasteiger partial charge in [-0.1, -0.05) is 30.3 Å². The summed E-state index contributed by atoms with van der Waals surface area (Å²) < 4.78 is 0. The largest absolute Gasteiger partial charge is 0.355 e. The molecule has 2 aromatic rings. The SMILES string of the molecule is CN(c1ccc(-c2ccccc2)nn1)C1CCNCC1. The zero-order valence-electron chi connectivity index (χ0n) is 11.8. The molecule has 4 heteroatoms. The summed E-state index contributed by atoms with van der Waals surface area (Å²) in [7, 11) is 2.11. The number of nitrogens with zero attached hydrogens (tertiary/aromatic N) is 3. The Labute approximate surface area is 119 Å². The van der Waals surface area contributed by atoms with Crippen molar-refractivity contribution in [3.8, 4) is 11.3 Å². The maximum atomic E-state index is 4.39. The maximum Gasteiger partial charge on any atom is 0.151 e. The summed E-state index contributed by atoms with van der Waals surface area (Å²) in [5, 5.41) is 12.1. The Bertz CT molecular complexity index is 532. The quantitative estimate of drug-likeness (QED) is 0.927. The summed E-state index contributed by atoms with van der Waals surface area (Å²) in [6, 6.07) is 14.8. The van der Waals surface area contributed by atoms with E-state index in [0.717, 1.165) is 30.2 Å². The predicted molar refractivity (Wildman–Crippen MR) is 81.8 cm³/mol. The number of hydrogen-bond acceptors (Lipinski definition) is 4. The molecule has 0 spiro atoms. The first-order chi connectivity index (χ1) is 9.84. The Morgan fingerprint density at radius 3 is 2.40 bits per heavy atom. The zero-order valence-corrected chi connectivity index (χ0v) is 11.8. The smallest absolute Gasteiger partial charge is 0.151 e. The molecule has 0 amide bonds. The minimum atomic E-state index is 0.563. The minimum absolute atomic E-state index is 0.563. The molecular formula is C16H20N4. The topological polar surface area (TPSA) is 41.1 Å². The molecule has 1 aliphatic heterocycles. The number of rotatable bonds is 3. The van der Waals surface area contributed by atoms with Crippen LogP contribution in [0.1, 0.15) is 12.8 Å². The van der Waals surface area contributed by atoms with Gasteiger partial charge in [0.1, 0.15) is 0 Å². The maximum absolute atomic E-state index is 4.39. The normalized spacial score (nSPS) is 16.1. The lowest BCUT2D eigenvalue weighted by Crippen LogP contribution is -2.41. The molecule has 1 saturated heterocycles. The lowest BCUT2D eigenvalue weighted by atomic mass is 10.1. The van der Waals surface area contributed by atoms with E-state index in [9.17, 15) is 0 Å². The van der Waals surface area contributed by atoms with Crippen LogP contribution in [-0.4, -0.2) is 36.4 Å². The van der Waals surface area contributed by atoms with Gasteiger partial charge < -0.3 is 10.2 Å². The van der Waals surface area contributed by atoms with Crippen molar-refractivity contribution >= 4 is 5.82 Å². The van der Waals surface area contributed by atoms with E-state index in [2.05, 4.69) is 51.7 Å². The van der Waals surface area contributed by atoms with Gasteiger partial charge in [0.05, 0.1) is 5.69 Å². The van der Waals surface area contributed by atoms with Crippen molar-refractivity contribution in [2.45, 2.75) is 18.9 Å². The third-order valence-corrected chi connectivity index (χ3v) is 3.94. The molecule has 1 aromatic heterocycles. The van der Waals surface area contributed by atoms with E-state index in [0.29, 0.717) is 6.04 Å². The molecule has 0 unspecified atom stereocenters. The Balaban J connectivity index is 1.75. The Hall–Kier alpha value is -1.94. The van der Waals surface area contributed by atoms with E-state index in [1.54, 1.807) is 0 Å². The van der Waals surface area contributed by atoms with Crippen LogP contribution >= 0.6 is 0 Å². The van der Waals surface area contributed by atoms with E-state index >= 15 is 0 Å². The first kappa shape index (κ1) is 13.1. The van der Waals surface area contributed by atoms with Gasteiger partial charge in [-0.2, -0.15) is 0 Å². The van der Waals surface area contributed by atoms with E-state index in [1.165, 1.54) is 12.8 Å². The Kier molecular flexibility index (Phi) is 3.92. The summed E-state index contributed by atoms with van der Waals surface area (Å²) >= 11 is 0. The molecule has 3 rings (SSSR count). The molecule has 0 radical (unpaired) electrons. The van der Waals surface area contributed by atoms with Gasteiger partial charge >= 0.3 is 0 Å². The first-order valence-electron chi connectivity index (χ1n) is 7.17. The minimum Gasteiger partial charge on any atom is -0.355 e. The van der Waals surface area contributed by atoms with Crippen LogP contribution in [0.3, 0.4) is 0 Å². The van der Waals surface area contributed by atoms with Crippen LogP contribution in [0.25, 0.3) is 11.3 Å². The van der Waals surface area contributed by atoms with E-state index in [4.69, 9.17) is 0 Å². The second-order valence-corrected chi connectivity index (χ2v) is 5.23. The van der Waals surface area contributed by atoms with Gasteiger partial charge in [-0.3, -0.25) is 0 Å². The molecule has 1 aromatic carbocycles. The van der Waals surface area contributed by atoms with Crippen LogP contribution in [0.4, 0.5) is 5.82 Å². The number of hydrogen-bond donors (Lipinski definition) is 1. The van der Waals surface area contributed by atoms with Crippen molar-refractivity contribution in [2.75, 3.05) is 25.0 Å². The summed E-state index contributed by atoms with van der Waals surface area (Å²) in [5.41, 5.74) is 2.03. The van der Waals surface area contributed by atoms with Gasteiger partial charge in [-0.15, -0.1) is 10.2 Å². The van der Waals surface area contributed by atoms with Gasteiger partial charge in [-0.25, -0.2) is 0 Å². The van der Waals surface area contributed by atoms with Gasteiger partial charge in [-0.05, 0) is 38.1 Å². The van der Waals surface area contributed by atoms with Crippen LogP contribution in [0.5, 0.6) is 0 Å². The lowest BCUT2D eigenvalue weighted by Gasteiger charge is -2.32. The molecule has 0 bridgehead atoms. The highest BCUT2D eigenvalue weighted by Crippen LogP contribution is 2.20. The number of piperidine rings is 1. The van der Waals surface area contributed by atoms with Gasteiger partial charge in [0.15, 0.2) is 5.82 Å². The third kappa shape index (κ3) is 2.80. The molecule has 0 atom stereocenters. The monoisotopic (exact) mass is 268 g/mol. The molecule has 104 valence electrons. The zero-order chi connectivity index (χ0) is 13.8. The molecule has 1 aliphatic rings. The highest BCUT2D eigenvalue weighted by molar-refractivity contribution is 5.59. The number of aromatic nitrogens is 2. The van der Waals surface area contributed by atoms with E-state index in [-0.39, 0.29) is 0 Å². The molecular weight excluding hydrogens is 248 g/mol. The van der Waals surface area contributed by atoms with Gasteiger partial charge in [0, 0.05) is 18.7 Å². The van der Waals surface area contributed by atoms with Crippen molar-refractivity contribution in [1.29, 1.82) is 0 Å². The standard InChI is InChI=1S/C16H20N4/c1-20(14-9-11-17-12-10-14)16-8-7-15(18-19-16)13-5-3-2-4-6-13/h2-8,14,17H,9-12H2,1H3. The summed E-state index contributed by atoms with van der Waals surface area (Å²) in [4.78, 5) is 2.25. The van der Waals surface area contributed by atoms with Crippen LogP contribution in [-0.2, 0) is 0 Å². The van der Waals surface area contributed by atoms with Crippen LogP contribution < -0.4 is 10.2 Å². The summed E-state index contributed by atoms with van der Waals surface area (Å²) in [6.07, 6.45) is 2.33. The third-order valence-electron chi connectivity index (χ3n) is 3.94. The van der Waals surface area contributed by atoms with Crippen molar-refractivity contribution < 1.29 is 0 Å². The predicted octanol–water partition coefficient (Wildman–Crippen LogP) is 2.33.